The van der Waals surface area contributed by atoms with E-state index in [-0.39, 0.29) is 24.0 Å². The van der Waals surface area contributed by atoms with E-state index in [9.17, 15) is 0 Å². The van der Waals surface area contributed by atoms with Crippen molar-refractivity contribution in [1.29, 1.82) is 0 Å². The summed E-state index contributed by atoms with van der Waals surface area (Å²) in [7, 11) is 1.76. The van der Waals surface area contributed by atoms with Gasteiger partial charge in [-0.1, -0.05) is 18.2 Å². The first kappa shape index (κ1) is 26.1. The number of benzene rings is 2. The number of nitrogens with zero attached hydrogens (tertiary/aromatic N) is 1. The van der Waals surface area contributed by atoms with E-state index < -0.39 is 0 Å². The molecule has 0 bridgehead atoms. The molecule has 0 radical (unpaired) electrons. The third kappa shape index (κ3) is 8.05. The van der Waals surface area contributed by atoms with Crippen LogP contribution in [0.15, 0.2) is 41.4 Å². The third-order valence-corrected chi connectivity index (χ3v) is 4.85. The average Bonchev–Trinajstić information content (AvgIpc) is 3.03. The van der Waals surface area contributed by atoms with Gasteiger partial charge in [-0.15, -0.1) is 24.0 Å². The smallest absolute Gasteiger partial charge is 0.191 e. The van der Waals surface area contributed by atoms with Crippen molar-refractivity contribution in [2.45, 2.75) is 33.4 Å². The Bertz CT molecular complexity index is 876. The number of hydrogen-bond acceptors (Lipinski definition) is 5. The third-order valence-electron chi connectivity index (χ3n) is 4.85. The molecule has 1 heterocycles. The monoisotopic (exact) mass is 555 g/mol. The molecule has 0 aliphatic carbocycles. The van der Waals surface area contributed by atoms with Crippen LogP contribution >= 0.6 is 24.0 Å². The number of ether oxygens (including phenoxy) is 4. The molecule has 2 aromatic carbocycles. The Balaban J connectivity index is 0.00000363. The molecule has 8 heteroatoms. The van der Waals surface area contributed by atoms with Gasteiger partial charge in [0.25, 0.3) is 0 Å². The van der Waals surface area contributed by atoms with Gasteiger partial charge in [0.2, 0.25) is 0 Å². The first-order chi connectivity index (χ1) is 15.2. The summed E-state index contributed by atoms with van der Waals surface area (Å²) in [5.41, 5.74) is 3.33. The summed E-state index contributed by atoms with van der Waals surface area (Å²) in [6.45, 7) is 8.44. The van der Waals surface area contributed by atoms with Crippen LogP contribution < -0.4 is 24.8 Å². The van der Waals surface area contributed by atoms with Crippen molar-refractivity contribution in [3.05, 3.63) is 53.1 Å². The summed E-state index contributed by atoms with van der Waals surface area (Å²) < 4.78 is 22.8. The quantitative estimate of drug-likeness (QED) is 0.211. The topological polar surface area (TPSA) is 73.3 Å². The number of aliphatic imine (C=N–C) groups is 1. The lowest BCUT2D eigenvalue weighted by molar-refractivity contribution is 0.110. The highest BCUT2D eigenvalue weighted by molar-refractivity contribution is 14.0. The zero-order valence-electron chi connectivity index (χ0n) is 19.1. The summed E-state index contributed by atoms with van der Waals surface area (Å²) >= 11 is 0. The molecule has 0 unspecified atom stereocenters. The Labute approximate surface area is 207 Å². The zero-order valence-corrected chi connectivity index (χ0v) is 21.4. The predicted octanol–water partition coefficient (Wildman–Crippen LogP) is 4.05. The number of nitrogens with one attached hydrogen (secondary N) is 2. The van der Waals surface area contributed by atoms with E-state index in [4.69, 9.17) is 18.9 Å². The van der Waals surface area contributed by atoms with Crippen molar-refractivity contribution in [1.82, 2.24) is 10.6 Å². The lowest BCUT2D eigenvalue weighted by atomic mass is 10.1. The molecular formula is C24H34IN3O4. The van der Waals surface area contributed by atoms with Crippen molar-refractivity contribution >= 4 is 29.9 Å². The molecule has 3 rings (SSSR count). The van der Waals surface area contributed by atoms with Crippen molar-refractivity contribution in [2.24, 2.45) is 4.99 Å². The zero-order chi connectivity index (χ0) is 21.9. The summed E-state index contributed by atoms with van der Waals surface area (Å²) in [4.78, 5) is 4.33. The van der Waals surface area contributed by atoms with Crippen LogP contribution in [0.2, 0.25) is 0 Å². The van der Waals surface area contributed by atoms with Gasteiger partial charge in [0.15, 0.2) is 17.5 Å². The molecule has 0 spiro atoms. The van der Waals surface area contributed by atoms with Crippen LogP contribution in [0.3, 0.4) is 0 Å². The van der Waals surface area contributed by atoms with Crippen LogP contribution in [0, 0.1) is 6.92 Å². The molecule has 1 aliphatic heterocycles. The fourth-order valence-electron chi connectivity index (χ4n) is 3.20. The van der Waals surface area contributed by atoms with E-state index in [0.717, 1.165) is 40.4 Å². The molecule has 0 atom stereocenters. The fraction of sp³-hybridized carbons (Fsp3) is 0.458. The summed E-state index contributed by atoms with van der Waals surface area (Å²) in [6.07, 6.45) is 0.898. The minimum Gasteiger partial charge on any atom is -0.491 e. The molecule has 7 nitrogen and oxygen atoms in total. The molecule has 1 aliphatic rings. The Hall–Kier alpha value is -2.20. The van der Waals surface area contributed by atoms with Crippen molar-refractivity contribution < 1.29 is 18.9 Å². The van der Waals surface area contributed by atoms with Crippen LogP contribution in [0.1, 0.15) is 30.0 Å². The number of fused-ring (bicyclic) bond motifs is 1. The van der Waals surface area contributed by atoms with Gasteiger partial charge in [0, 0.05) is 38.7 Å². The number of aryl methyl sites for hydroxylation is 1. The molecule has 0 amide bonds. The second-order valence-electron chi connectivity index (χ2n) is 7.27. The minimum atomic E-state index is 0. The van der Waals surface area contributed by atoms with Crippen LogP contribution in [0.25, 0.3) is 0 Å². The fourth-order valence-corrected chi connectivity index (χ4v) is 3.20. The van der Waals surface area contributed by atoms with Crippen molar-refractivity contribution in [2.75, 3.05) is 40.1 Å². The largest absolute Gasteiger partial charge is 0.491 e. The molecule has 0 saturated heterocycles. The molecular weight excluding hydrogens is 521 g/mol. The maximum Gasteiger partial charge on any atom is 0.191 e. The highest BCUT2D eigenvalue weighted by atomic mass is 127. The van der Waals surface area contributed by atoms with Crippen LogP contribution in [0.4, 0.5) is 0 Å². The standard InChI is InChI=1S/C24H33N3O4.HI/c1-4-28-12-13-31-22-14-18(2)6-8-20(22)17-27-24(25-3)26-16-19-7-9-21-23(15-19)30-11-5-10-29-21;/h6-9,14-15H,4-5,10-13,16-17H2,1-3H3,(H2,25,26,27);1H. The molecule has 0 saturated carbocycles. The van der Waals surface area contributed by atoms with E-state index in [1.165, 1.54) is 0 Å². The summed E-state index contributed by atoms with van der Waals surface area (Å²) in [5, 5.41) is 6.71. The van der Waals surface area contributed by atoms with Gasteiger partial charge in [0.1, 0.15) is 12.4 Å². The molecule has 2 aromatic rings. The number of rotatable bonds is 9. The van der Waals surface area contributed by atoms with Crippen LogP contribution in [0.5, 0.6) is 17.2 Å². The van der Waals surface area contributed by atoms with Gasteiger partial charge >= 0.3 is 0 Å². The number of halogens is 1. The van der Waals surface area contributed by atoms with Gasteiger partial charge in [-0.2, -0.15) is 0 Å². The first-order valence-corrected chi connectivity index (χ1v) is 10.8. The van der Waals surface area contributed by atoms with Crippen molar-refractivity contribution in [3.63, 3.8) is 0 Å². The lowest BCUT2D eigenvalue weighted by Crippen LogP contribution is -2.36. The number of guanidine groups is 1. The van der Waals surface area contributed by atoms with Crippen molar-refractivity contribution in [3.8, 4) is 17.2 Å². The second kappa shape index (κ2) is 14.1. The van der Waals surface area contributed by atoms with Gasteiger partial charge in [-0.3, -0.25) is 4.99 Å². The van der Waals surface area contributed by atoms with Crippen LogP contribution in [-0.2, 0) is 17.8 Å². The van der Waals surface area contributed by atoms with E-state index in [1.54, 1.807) is 7.05 Å². The predicted molar refractivity (Wildman–Crippen MR) is 138 cm³/mol. The van der Waals surface area contributed by atoms with E-state index >= 15 is 0 Å². The van der Waals surface area contributed by atoms with Gasteiger partial charge in [-0.25, -0.2) is 0 Å². The van der Waals surface area contributed by atoms with Gasteiger partial charge < -0.3 is 29.6 Å². The lowest BCUT2D eigenvalue weighted by Gasteiger charge is -2.16. The highest BCUT2D eigenvalue weighted by Gasteiger charge is 2.11. The Kier molecular flexibility index (Phi) is 11.4. The second-order valence-corrected chi connectivity index (χ2v) is 7.27. The maximum atomic E-state index is 5.93. The maximum absolute atomic E-state index is 5.93. The molecule has 0 fully saturated rings. The Morgan fingerprint density at radius 3 is 2.56 bits per heavy atom. The highest BCUT2D eigenvalue weighted by Crippen LogP contribution is 2.30. The molecule has 0 aromatic heterocycles. The first-order valence-electron chi connectivity index (χ1n) is 10.8. The van der Waals surface area contributed by atoms with E-state index in [2.05, 4.69) is 40.7 Å². The SMILES string of the molecule is CCOCCOc1cc(C)ccc1CNC(=NC)NCc1ccc2c(c1)OCCCO2.I. The molecule has 2 N–H and O–H groups in total. The Morgan fingerprint density at radius 2 is 1.78 bits per heavy atom. The van der Waals surface area contributed by atoms with Gasteiger partial charge in [0.05, 0.1) is 19.8 Å². The normalized spacial score (nSPS) is 13.0. The molecule has 176 valence electrons. The minimum absolute atomic E-state index is 0. The van der Waals surface area contributed by atoms with Crippen LogP contribution in [-0.4, -0.2) is 46.0 Å². The molecule has 32 heavy (non-hydrogen) atoms. The van der Waals surface area contributed by atoms with Gasteiger partial charge in [-0.05, 0) is 43.2 Å². The van der Waals surface area contributed by atoms with E-state index in [1.807, 2.05) is 25.1 Å². The Morgan fingerprint density at radius 1 is 1.00 bits per heavy atom. The van der Waals surface area contributed by atoms with E-state index in [0.29, 0.717) is 52.1 Å². The summed E-state index contributed by atoms with van der Waals surface area (Å²) in [5.74, 6) is 3.19. The average molecular weight is 555 g/mol. The number of hydrogen-bond donors (Lipinski definition) is 2. The summed E-state index contributed by atoms with van der Waals surface area (Å²) in [6, 6.07) is 12.2.